The lowest BCUT2D eigenvalue weighted by molar-refractivity contribution is 0.116. The predicted octanol–water partition coefficient (Wildman–Crippen LogP) is 1.81. The monoisotopic (exact) mass is 344 g/mol. The number of carbonyl (C=O) groups excluding carboxylic acids is 1. The minimum atomic E-state index is -0.234. The van der Waals surface area contributed by atoms with Gasteiger partial charge in [0, 0.05) is 38.3 Å². The SMILES string of the molecule is COC(=O)N1CCC(N2CCC(n3c(=O)[nH]c4ccccc43)CC2)C1. The van der Waals surface area contributed by atoms with Crippen LogP contribution in [0.15, 0.2) is 29.1 Å². The maximum absolute atomic E-state index is 12.4. The lowest BCUT2D eigenvalue weighted by Crippen LogP contribution is -2.44. The molecule has 2 fully saturated rings. The number of carbonyl (C=O) groups is 1. The first-order valence-electron chi connectivity index (χ1n) is 8.93. The molecule has 1 N–H and O–H groups in total. The number of fused-ring (bicyclic) bond motifs is 1. The van der Waals surface area contributed by atoms with Crippen molar-refractivity contribution in [2.45, 2.75) is 31.3 Å². The quantitative estimate of drug-likeness (QED) is 0.902. The first-order chi connectivity index (χ1) is 12.2. The molecule has 7 heteroatoms. The van der Waals surface area contributed by atoms with Gasteiger partial charge in [-0.1, -0.05) is 12.1 Å². The van der Waals surface area contributed by atoms with E-state index in [4.69, 9.17) is 4.74 Å². The Balaban J connectivity index is 1.43. The minimum absolute atomic E-state index is 0.0163. The molecule has 1 unspecified atom stereocenters. The fourth-order valence-electron chi connectivity index (χ4n) is 4.28. The second-order valence-electron chi connectivity index (χ2n) is 6.94. The van der Waals surface area contributed by atoms with Crippen molar-refractivity contribution in [2.24, 2.45) is 0 Å². The molecule has 4 rings (SSSR count). The van der Waals surface area contributed by atoms with Crippen molar-refractivity contribution in [3.05, 3.63) is 34.7 Å². The Morgan fingerprint density at radius 2 is 1.84 bits per heavy atom. The number of benzene rings is 1. The largest absolute Gasteiger partial charge is 0.453 e. The molecule has 0 spiro atoms. The highest BCUT2D eigenvalue weighted by Gasteiger charge is 2.33. The predicted molar refractivity (Wildman–Crippen MR) is 94.8 cm³/mol. The number of rotatable bonds is 2. The van der Waals surface area contributed by atoms with Crippen LogP contribution < -0.4 is 5.69 Å². The first-order valence-corrected chi connectivity index (χ1v) is 8.93. The van der Waals surface area contributed by atoms with Gasteiger partial charge in [-0.2, -0.15) is 0 Å². The van der Waals surface area contributed by atoms with Gasteiger partial charge >= 0.3 is 11.8 Å². The van der Waals surface area contributed by atoms with Gasteiger partial charge in [0.1, 0.15) is 0 Å². The van der Waals surface area contributed by atoms with Crippen molar-refractivity contribution in [3.8, 4) is 0 Å². The van der Waals surface area contributed by atoms with Gasteiger partial charge in [0.05, 0.1) is 18.1 Å². The van der Waals surface area contributed by atoms with Gasteiger partial charge in [-0.05, 0) is 31.4 Å². The minimum Gasteiger partial charge on any atom is -0.453 e. The number of para-hydroxylation sites is 2. The molecular weight excluding hydrogens is 320 g/mol. The topological polar surface area (TPSA) is 70.6 Å². The molecule has 1 atom stereocenters. The number of methoxy groups -OCH3 is 1. The Hall–Kier alpha value is -2.28. The third-order valence-corrected chi connectivity index (χ3v) is 5.60. The van der Waals surface area contributed by atoms with Crippen molar-refractivity contribution >= 4 is 17.1 Å². The molecule has 1 aromatic heterocycles. The molecule has 7 nitrogen and oxygen atoms in total. The average Bonchev–Trinajstić information content (AvgIpc) is 3.25. The Bertz CT molecular complexity index is 819. The summed E-state index contributed by atoms with van der Waals surface area (Å²) in [6, 6.07) is 8.50. The maximum atomic E-state index is 12.4. The number of H-pyrrole nitrogens is 1. The summed E-state index contributed by atoms with van der Waals surface area (Å²) in [6.07, 6.45) is 2.67. The summed E-state index contributed by atoms with van der Waals surface area (Å²) in [7, 11) is 1.43. The number of hydrogen-bond acceptors (Lipinski definition) is 4. The van der Waals surface area contributed by atoms with Crippen molar-refractivity contribution in [2.75, 3.05) is 33.3 Å². The Kier molecular flexibility index (Phi) is 4.25. The van der Waals surface area contributed by atoms with Gasteiger partial charge < -0.3 is 14.6 Å². The summed E-state index contributed by atoms with van der Waals surface area (Å²) in [5.74, 6) is 0. The van der Waals surface area contributed by atoms with Crippen LogP contribution >= 0.6 is 0 Å². The van der Waals surface area contributed by atoms with Crippen LogP contribution in [0, 0.1) is 0 Å². The summed E-state index contributed by atoms with van der Waals surface area (Å²) >= 11 is 0. The lowest BCUT2D eigenvalue weighted by Gasteiger charge is -2.36. The number of nitrogens with one attached hydrogen (secondary N) is 1. The van der Waals surface area contributed by atoms with E-state index in [0.717, 1.165) is 56.5 Å². The van der Waals surface area contributed by atoms with Crippen LogP contribution in [0.4, 0.5) is 4.79 Å². The maximum Gasteiger partial charge on any atom is 0.409 e. The zero-order chi connectivity index (χ0) is 17.4. The molecule has 2 aliphatic rings. The van der Waals surface area contributed by atoms with Crippen LogP contribution in [-0.4, -0.2) is 64.8 Å². The molecule has 0 bridgehead atoms. The summed E-state index contributed by atoms with van der Waals surface area (Å²) in [4.78, 5) is 31.2. The second kappa shape index (κ2) is 6.55. The summed E-state index contributed by atoms with van der Waals surface area (Å²) in [5, 5.41) is 0. The molecule has 0 aliphatic carbocycles. The van der Waals surface area contributed by atoms with E-state index in [1.807, 2.05) is 28.8 Å². The normalized spacial score (nSPS) is 22.6. The average molecular weight is 344 g/mol. The van der Waals surface area contributed by atoms with E-state index in [2.05, 4.69) is 9.88 Å². The Labute approximate surface area is 146 Å². The first kappa shape index (κ1) is 16.2. The number of aromatic nitrogens is 2. The fourth-order valence-corrected chi connectivity index (χ4v) is 4.28. The highest BCUT2D eigenvalue weighted by atomic mass is 16.5. The zero-order valence-corrected chi connectivity index (χ0v) is 14.5. The molecule has 2 aliphatic heterocycles. The van der Waals surface area contributed by atoms with Crippen LogP contribution in [0.3, 0.4) is 0 Å². The third kappa shape index (κ3) is 2.93. The zero-order valence-electron chi connectivity index (χ0n) is 14.5. The van der Waals surface area contributed by atoms with E-state index in [-0.39, 0.29) is 17.8 Å². The van der Waals surface area contributed by atoms with Crippen LogP contribution in [-0.2, 0) is 4.74 Å². The van der Waals surface area contributed by atoms with E-state index >= 15 is 0 Å². The van der Waals surface area contributed by atoms with Crippen molar-refractivity contribution in [1.82, 2.24) is 19.4 Å². The Morgan fingerprint density at radius 1 is 1.12 bits per heavy atom. The number of imidazole rings is 1. The van der Waals surface area contributed by atoms with Gasteiger partial charge in [0.15, 0.2) is 0 Å². The van der Waals surface area contributed by atoms with Crippen molar-refractivity contribution in [1.29, 1.82) is 0 Å². The van der Waals surface area contributed by atoms with Gasteiger partial charge in [0.25, 0.3) is 0 Å². The molecular formula is C18H24N4O3. The number of amides is 1. The van der Waals surface area contributed by atoms with Crippen LogP contribution in [0.2, 0.25) is 0 Å². The second-order valence-corrected chi connectivity index (χ2v) is 6.94. The molecule has 1 amide bonds. The van der Waals surface area contributed by atoms with Crippen molar-refractivity contribution in [3.63, 3.8) is 0 Å². The molecule has 25 heavy (non-hydrogen) atoms. The number of aromatic amines is 1. The molecule has 1 aromatic carbocycles. The van der Waals surface area contributed by atoms with Gasteiger partial charge in [-0.25, -0.2) is 9.59 Å². The molecule has 2 aromatic rings. The lowest BCUT2D eigenvalue weighted by atomic mass is 10.0. The third-order valence-electron chi connectivity index (χ3n) is 5.60. The molecule has 0 radical (unpaired) electrons. The van der Waals surface area contributed by atoms with E-state index in [1.165, 1.54) is 7.11 Å². The van der Waals surface area contributed by atoms with E-state index in [9.17, 15) is 9.59 Å². The van der Waals surface area contributed by atoms with Crippen LogP contribution in [0.5, 0.6) is 0 Å². The van der Waals surface area contributed by atoms with Crippen molar-refractivity contribution < 1.29 is 9.53 Å². The fraction of sp³-hybridized carbons (Fsp3) is 0.556. The Morgan fingerprint density at radius 3 is 2.60 bits per heavy atom. The van der Waals surface area contributed by atoms with Gasteiger partial charge in [-0.15, -0.1) is 0 Å². The molecule has 134 valence electrons. The van der Waals surface area contributed by atoms with E-state index in [1.54, 1.807) is 4.90 Å². The summed E-state index contributed by atoms with van der Waals surface area (Å²) in [6.45, 7) is 3.41. The highest BCUT2D eigenvalue weighted by Crippen LogP contribution is 2.28. The highest BCUT2D eigenvalue weighted by molar-refractivity contribution is 5.75. The molecule has 2 saturated heterocycles. The summed E-state index contributed by atoms with van der Waals surface area (Å²) < 4.78 is 6.74. The van der Waals surface area contributed by atoms with Crippen LogP contribution in [0.25, 0.3) is 11.0 Å². The van der Waals surface area contributed by atoms with E-state index in [0.29, 0.717) is 6.04 Å². The molecule has 0 saturated carbocycles. The standard InChI is InChI=1S/C18H24N4O3/c1-25-18(24)21-11-8-14(12-21)20-9-6-13(7-10-20)22-16-5-3-2-4-15(16)19-17(22)23/h2-5,13-14H,6-12H2,1H3,(H,19,23). The smallest absolute Gasteiger partial charge is 0.409 e. The van der Waals surface area contributed by atoms with E-state index < -0.39 is 0 Å². The van der Waals surface area contributed by atoms with Gasteiger partial charge in [0.2, 0.25) is 0 Å². The van der Waals surface area contributed by atoms with Gasteiger partial charge in [-0.3, -0.25) is 9.47 Å². The molecule has 3 heterocycles. The number of likely N-dealkylation sites (tertiary alicyclic amines) is 2. The number of hydrogen-bond donors (Lipinski definition) is 1. The summed E-state index contributed by atoms with van der Waals surface area (Å²) in [5.41, 5.74) is 1.88. The number of piperidine rings is 1. The number of ether oxygens (including phenoxy) is 1. The van der Waals surface area contributed by atoms with Crippen LogP contribution in [0.1, 0.15) is 25.3 Å². The number of nitrogens with zero attached hydrogens (tertiary/aromatic N) is 3.